The van der Waals surface area contributed by atoms with E-state index in [1.54, 1.807) is 24.5 Å². The largest absolute Gasteiger partial charge is 0.369 e. The summed E-state index contributed by atoms with van der Waals surface area (Å²) in [6.45, 7) is 1.98. The first kappa shape index (κ1) is 21.5. The molecule has 1 amide bonds. The number of aliphatic imine (C=N–C) groups is 1. The number of amides is 1. The van der Waals surface area contributed by atoms with E-state index in [1.165, 1.54) is 4.90 Å². The molecular weight excluding hydrogens is 416 g/mol. The lowest BCUT2D eigenvalue weighted by Gasteiger charge is -2.39. The number of benzene rings is 2. The number of rotatable bonds is 5. The number of guanidine groups is 1. The molecule has 6 heteroatoms. The number of carbonyl (C=O) groups is 1. The molecule has 0 aliphatic carbocycles. The van der Waals surface area contributed by atoms with Crippen LogP contribution in [0.3, 0.4) is 0 Å². The summed E-state index contributed by atoms with van der Waals surface area (Å²) < 4.78 is 0. The van der Waals surface area contributed by atoms with Crippen LogP contribution in [0.2, 0.25) is 0 Å². The molecule has 0 unspecified atom stereocenters. The Balaban J connectivity index is 1.69. The van der Waals surface area contributed by atoms with Crippen LogP contribution in [0.1, 0.15) is 29.3 Å². The van der Waals surface area contributed by atoms with Crippen molar-refractivity contribution in [2.75, 3.05) is 7.05 Å². The van der Waals surface area contributed by atoms with E-state index in [0.717, 1.165) is 20.9 Å². The Kier molecular flexibility index (Phi) is 5.93. The van der Waals surface area contributed by atoms with Crippen LogP contribution in [-0.4, -0.2) is 23.8 Å². The minimum atomic E-state index is -0.773. The highest BCUT2D eigenvalue weighted by atomic mass is 32.1. The van der Waals surface area contributed by atoms with E-state index >= 15 is 0 Å². The van der Waals surface area contributed by atoms with Gasteiger partial charge in [0.05, 0.1) is 17.6 Å². The van der Waals surface area contributed by atoms with Crippen LogP contribution in [0.5, 0.6) is 0 Å². The van der Waals surface area contributed by atoms with Gasteiger partial charge in [0.1, 0.15) is 5.54 Å². The Morgan fingerprint density at radius 1 is 1.19 bits per heavy atom. The molecule has 0 spiro atoms. The molecule has 5 nitrogen and oxygen atoms in total. The molecule has 1 aliphatic heterocycles. The first-order valence-corrected chi connectivity index (χ1v) is 11.2. The number of allylic oxidation sites excluding steroid dienone is 1. The SMILES string of the molecule is CN1C(=O)[C@@H](C/C=C/c2ccccc2)[C@@](C)(c2ccc(-c3cccc(C#N)c3)s2)N=C1N. The lowest BCUT2D eigenvalue weighted by molar-refractivity contribution is -0.133. The topological polar surface area (TPSA) is 82.5 Å². The smallest absolute Gasteiger partial charge is 0.235 e. The average Bonchev–Trinajstić information content (AvgIpc) is 3.32. The predicted molar refractivity (Wildman–Crippen MR) is 130 cm³/mol. The summed E-state index contributed by atoms with van der Waals surface area (Å²) in [5.74, 6) is -0.196. The average molecular weight is 441 g/mol. The Labute approximate surface area is 192 Å². The van der Waals surface area contributed by atoms with Gasteiger partial charge in [-0.1, -0.05) is 54.6 Å². The molecule has 160 valence electrons. The summed E-state index contributed by atoms with van der Waals surface area (Å²) in [5.41, 5.74) is 8.03. The summed E-state index contributed by atoms with van der Waals surface area (Å²) in [6, 6.07) is 23.8. The van der Waals surface area contributed by atoms with Crippen molar-refractivity contribution in [3.63, 3.8) is 0 Å². The predicted octanol–water partition coefficient (Wildman–Crippen LogP) is 5.01. The fraction of sp³-hybridized carbons (Fsp3) is 0.192. The van der Waals surface area contributed by atoms with Crippen molar-refractivity contribution in [1.29, 1.82) is 5.26 Å². The van der Waals surface area contributed by atoms with E-state index in [1.807, 2.05) is 79.7 Å². The zero-order chi connectivity index (χ0) is 22.7. The second kappa shape index (κ2) is 8.81. The van der Waals surface area contributed by atoms with Crippen molar-refractivity contribution in [2.24, 2.45) is 16.6 Å². The van der Waals surface area contributed by atoms with Gasteiger partial charge < -0.3 is 5.73 Å². The summed E-state index contributed by atoms with van der Waals surface area (Å²) in [7, 11) is 1.67. The third-order valence-corrected chi connectivity index (χ3v) is 7.22. The summed E-state index contributed by atoms with van der Waals surface area (Å²) in [5, 5.41) is 9.21. The van der Waals surface area contributed by atoms with Gasteiger partial charge in [-0.05, 0) is 48.7 Å². The maximum absolute atomic E-state index is 13.2. The van der Waals surface area contributed by atoms with Crippen LogP contribution in [0, 0.1) is 17.2 Å². The molecule has 3 aromatic rings. The van der Waals surface area contributed by atoms with Crippen LogP contribution >= 0.6 is 11.3 Å². The van der Waals surface area contributed by atoms with Gasteiger partial charge in [-0.15, -0.1) is 11.3 Å². The number of nitriles is 1. The minimum Gasteiger partial charge on any atom is -0.369 e. The molecule has 4 rings (SSSR count). The van der Waals surface area contributed by atoms with Crippen LogP contribution in [0.4, 0.5) is 0 Å². The zero-order valence-corrected chi connectivity index (χ0v) is 18.8. The van der Waals surface area contributed by atoms with Gasteiger partial charge in [0.2, 0.25) is 5.91 Å². The number of nitrogens with two attached hydrogens (primary N) is 1. The van der Waals surface area contributed by atoms with Gasteiger partial charge in [0.15, 0.2) is 5.96 Å². The first-order chi connectivity index (χ1) is 15.4. The summed E-state index contributed by atoms with van der Waals surface area (Å²) >= 11 is 1.58. The molecule has 1 aliphatic rings. The van der Waals surface area contributed by atoms with E-state index in [2.05, 4.69) is 6.07 Å². The second-order valence-electron chi connectivity index (χ2n) is 7.97. The number of carbonyl (C=O) groups excluding carboxylic acids is 1. The standard InChI is InChI=1S/C26H24N4OS/c1-26(23-15-14-22(32-23)20-12-6-11-19(16-20)17-27)21(24(31)30(2)25(28)29-26)13-7-10-18-8-4-3-5-9-18/h3-12,14-16,21H,13H2,1-2H3,(H2,28,29)/b10-7+/t21-,26+/m1/s1. The van der Waals surface area contributed by atoms with Crippen molar-refractivity contribution in [3.05, 3.63) is 88.8 Å². The highest BCUT2D eigenvalue weighted by Gasteiger charge is 2.46. The zero-order valence-electron chi connectivity index (χ0n) is 18.0. The Morgan fingerprint density at radius 2 is 1.97 bits per heavy atom. The maximum atomic E-state index is 13.2. The van der Waals surface area contributed by atoms with Gasteiger partial charge in [-0.2, -0.15) is 5.26 Å². The number of thiophene rings is 1. The van der Waals surface area contributed by atoms with Crippen LogP contribution < -0.4 is 5.73 Å². The molecule has 2 atom stereocenters. The quantitative estimate of drug-likeness (QED) is 0.605. The third kappa shape index (κ3) is 4.08. The van der Waals surface area contributed by atoms with E-state index in [0.29, 0.717) is 12.0 Å². The van der Waals surface area contributed by atoms with Crippen LogP contribution in [0.15, 0.2) is 77.8 Å². The molecule has 0 saturated heterocycles. The highest BCUT2D eigenvalue weighted by Crippen LogP contribution is 2.44. The van der Waals surface area contributed by atoms with E-state index in [4.69, 9.17) is 10.7 Å². The van der Waals surface area contributed by atoms with E-state index in [-0.39, 0.29) is 17.8 Å². The Morgan fingerprint density at radius 3 is 2.72 bits per heavy atom. The molecule has 2 aromatic carbocycles. The fourth-order valence-electron chi connectivity index (χ4n) is 3.95. The normalized spacial score (nSPS) is 20.9. The third-order valence-electron chi connectivity index (χ3n) is 5.86. The lowest BCUT2D eigenvalue weighted by atomic mass is 9.80. The van der Waals surface area contributed by atoms with Crippen molar-refractivity contribution in [1.82, 2.24) is 4.90 Å². The van der Waals surface area contributed by atoms with E-state index < -0.39 is 5.54 Å². The molecule has 2 heterocycles. The Hall–Kier alpha value is -3.69. The molecule has 2 N–H and O–H groups in total. The molecule has 0 radical (unpaired) electrons. The molecule has 0 saturated carbocycles. The first-order valence-electron chi connectivity index (χ1n) is 10.4. The van der Waals surface area contributed by atoms with Crippen LogP contribution in [-0.2, 0) is 10.3 Å². The van der Waals surface area contributed by atoms with Crippen molar-refractivity contribution < 1.29 is 4.79 Å². The maximum Gasteiger partial charge on any atom is 0.235 e. The molecule has 0 fully saturated rings. The number of hydrogen-bond donors (Lipinski definition) is 1. The Bertz CT molecular complexity index is 1240. The number of nitrogens with zero attached hydrogens (tertiary/aromatic N) is 3. The van der Waals surface area contributed by atoms with Gasteiger partial charge in [0.25, 0.3) is 0 Å². The highest BCUT2D eigenvalue weighted by molar-refractivity contribution is 7.15. The molecule has 32 heavy (non-hydrogen) atoms. The van der Waals surface area contributed by atoms with Crippen molar-refractivity contribution >= 4 is 29.3 Å². The lowest BCUT2D eigenvalue weighted by Crippen LogP contribution is -2.53. The molecular formula is C26H24N4OS. The summed E-state index contributed by atoms with van der Waals surface area (Å²) in [6.07, 6.45) is 4.61. The van der Waals surface area contributed by atoms with Crippen molar-refractivity contribution in [2.45, 2.75) is 18.9 Å². The molecule has 0 bridgehead atoms. The second-order valence-corrected chi connectivity index (χ2v) is 9.06. The minimum absolute atomic E-state index is 0.0425. The van der Waals surface area contributed by atoms with E-state index in [9.17, 15) is 10.1 Å². The van der Waals surface area contributed by atoms with Gasteiger partial charge in [-0.25, -0.2) is 4.99 Å². The van der Waals surface area contributed by atoms with Gasteiger partial charge in [0, 0.05) is 16.8 Å². The monoisotopic (exact) mass is 440 g/mol. The fourth-order valence-corrected chi connectivity index (χ4v) is 5.09. The van der Waals surface area contributed by atoms with Gasteiger partial charge in [-0.3, -0.25) is 9.69 Å². The molecule has 1 aromatic heterocycles. The van der Waals surface area contributed by atoms with Gasteiger partial charge >= 0.3 is 0 Å². The van der Waals surface area contributed by atoms with Crippen LogP contribution in [0.25, 0.3) is 16.5 Å². The summed E-state index contributed by atoms with van der Waals surface area (Å²) in [4.78, 5) is 21.4. The van der Waals surface area contributed by atoms with Crippen molar-refractivity contribution in [3.8, 4) is 16.5 Å². The number of hydrogen-bond acceptors (Lipinski definition) is 5.